The second kappa shape index (κ2) is 14.2. The van der Waals surface area contributed by atoms with Crippen molar-refractivity contribution in [3.05, 3.63) is 107 Å². The van der Waals surface area contributed by atoms with Gasteiger partial charge in [0.15, 0.2) is 0 Å². The monoisotopic (exact) mass is 720 g/mol. The third kappa shape index (κ3) is 7.83. The van der Waals surface area contributed by atoms with Crippen LogP contribution >= 0.6 is 31.9 Å². The molecule has 0 bridgehead atoms. The molecular weight excluding hydrogens is 691 g/mol. The highest BCUT2D eigenvalue weighted by atomic mass is 79.9. The number of nitrogens with one attached hydrogen (secondary N) is 1. The fourth-order valence-corrected chi connectivity index (χ4v) is 6.02. The van der Waals surface area contributed by atoms with Gasteiger partial charge >= 0.3 is 5.69 Å². The highest BCUT2D eigenvalue weighted by Crippen LogP contribution is 2.44. The number of hydrogen-bond acceptors (Lipinski definition) is 8. The van der Waals surface area contributed by atoms with Gasteiger partial charge in [0.25, 0.3) is 5.69 Å². The zero-order valence-corrected chi connectivity index (χ0v) is 26.7. The Kier molecular flexibility index (Phi) is 10.6. The Hall–Kier alpha value is -3.69. The van der Waals surface area contributed by atoms with E-state index in [9.17, 15) is 24.6 Å². The lowest BCUT2D eigenvalue weighted by Gasteiger charge is -2.10. The Morgan fingerprint density at radius 3 is 1.70 bits per heavy atom. The van der Waals surface area contributed by atoms with Crippen molar-refractivity contribution >= 4 is 48.9 Å². The van der Waals surface area contributed by atoms with Crippen molar-refractivity contribution in [2.24, 2.45) is 5.73 Å². The van der Waals surface area contributed by atoms with Crippen LogP contribution in [-0.4, -0.2) is 43.0 Å². The fourth-order valence-electron chi connectivity index (χ4n) is 4.74. The number of nitro benzene ring substituents is 2. The molecule has 6 rings (SSSR count). The number of aromatic nitrogens is 4. The second-order valence-electron chi connectivity index (χ2n) is 10.0. The normalized spacial score (nSPS) is 13.8. The largest absolute Gasteiger partial charge is 0.383 e. The van der Waals surface area contributed by atoms with E-state index in [2.05, 4.69) is 57.4 Å². The smallest absolute Gasteiger partial charge is 0.304 e. The molecule has 2 heterocycles. The molecular formula is C28H31Br2FN8O4. The Labute approximate surface area is 264 Å². The summed E-state index contributed by atoms with van der Waals surface area (Å²) in [4.78, 5) is 29.0. The standard InChI is InChI=1S/C14H15BrN4O2.C13H11BrFN3O2.CH5N/c1-16-11-6-9(2-5-12(11)19(20)21)7-18-8-17-14(15)13(18)10-3-4-10;14-13-12(9-2-3-9)17(7-16-13)6-8-1-4-11(18(19)20)10(15)5-8;1-2/h2,5-6,8,10,16H,3-4,7H2,1H3;1,4-5,7,9H,2-3,6H2;2H2,1H3. The van der Waals surface area contributed by atoms with Crippen LogP contribution in [0.25, 0.3) is 0 Å². The summed E-state index contributed by atoms with van der Waals surface area (Å²) in [6.45, 7) is 1.12. The maximum Gasteiger partial charge on any atom is 0.304 e. The number of halogens is 3. The molecule has 2 fully saturated rings. The molecule has 0 spiro atoms. The van der Waals surface area contributed by atoms with Crippen LogP contribution in [0.15, 0.2) is 58.3 Å². The van der Waals surface area contributed by atoms with Gasteiger partial charge in [-0.15, -0.1) is 0 Å². The highest BCUT2D eigenvalue weighted by Gasteiger charge is 2.30. The first-order chi connectivity index (χ1) is 20.7. The number of nitrogens with two attached hydrogens (primary N) is 1. The molecule has 0 amide bonds. The molecule has 0 aliphatic heterocycles. The van der Waals surface area contributed by atoms with E-state index in [1.165, 1.54) is 37.7 Å². The van der Waals surface area contributed by atoms with E-state index in [0.29, 0.717) is 36.2 Å². The van der Waals surface area contributed by atoms with Gasteiger partial charge in [0, 0.05) is 44.1 Å². The lowest BCUT2D eigenvalue weighted by atomic mass is 10.1. The van der Waals surface area contributed by atoms with Gasteiger partial charge in [-0.05, 0) is 87.9 Å². The van der Waals surface area contributed by atoms with Crippen molar-refractivity contribution in [1.29, 1.82) is 0 Å². The number of imidazole rings is 2. The maximum absolute atomic E-state index is 13.6. The molecule has 0 radical (unpaired) electrons. The van der Waals surface area contributed by atoms with Gasteiger partial charge in [0.1, 0.15) is 14.9 Å². The minimum absolute atomic E-state index is 0.0930. The molecule has 4 aromatic rings. The molecule has 0 unspecified atom stereocenters. The summed E-state index contributed by atoms with van der Waals surface area (Å²) in [5.41, 5.74) is 8.66. The molecule has 2 aromatic heterocycles. The Bertz CT molecular complexity index is 1620. The Morgan fingerprint density at radius 1 is 0.860 bits per heavy atom. The number of nitrogens with zero attached hydrogens (tertiary/aromatic N) is 6. The van der Waals surface area contributed by atoms with Crippen LogP contribution in [0, 0.1) is 26.0 Å². The molecule has 2 aliphatic rings. The third-order valence-electron chi connectivity index (χ3n) is 7.03. The minimum atomic E-state index is -0.806. The highest BCUT2D eigenvalue weighted by molar-refractivity contribution is 9.10. The van der Waals surface area contributed by atoms with E-state index in [4.69, 9.17) is 0 Å². The second-order valence-corrected chi connectivity index (χ2v) is 11.5. The van der Waals surface area contributed by atoms with E-state index in [-0.39, 0.29) is 10.6 Å². The lowest BCUT2D eigenvalue weighted by molar-refractivity contribution is -0.387. The van der Waals surface area contributed by atoms with Gasteiger partial charge in [-0.2, -0.15) is 4.39 Å². The van der Waals surface area contributed by atoms with E-state index in [1.54, 1.807) is 31.6 Å². The maximum atomic E-state index is 13.6. The van der Waals surface area contributed by atoms with Crippen LogP contribution in [0.2, 0.25) is 0 Å². The van der Waals surface area contributed by atoms with Gasteiger partial charge in [0.2, 0.25) is 5.82 Å². The molecule has 228 valence electrons. The molecule has 0 saturated heterocycles. The average molecular weight is 722 g/mol. The molecule has 2 aromatic carbocycles. The third-order valence-corrected chi connectivity index (χ3v) is 8.25. The number of rotatable bonds is 9. The van der Waals surface area contributed by atoms with E-state index in [0.717, 1.165) is 33.3 Å². The fraction of sp³-hybridized carbons (Fsp3) is 0.357. The van der Waals surface area contributed by atoms with Crippen molar-refractivity contribution in [1.82, 2.24) is 19.1 Å². The van der Waals surface area contributed by atoms with Crippen molar-refractivity contribution in [3.63, 3.8) is 0 Å². The van der Waals surface area contributed by atoms with Gasteiger partial charge < -0.3 is 20.2 Å². The number of hydrogen-bond donors (Lipinski definition) is 2. The van der Waals surface area contributed by atoms with Gasteiger partial charge in [-0.3, -0.25) is 20.2 Å². The molecule has 43 heavy (non-hydrogen) atoms. The van der Waals surface area contributed by atoms with Crippen LogP contribution < -0.4 is 11.1 Å². The van der Waals surface area contributed by atoms with Gasteiger partial charge in [-0.25, -0.2) is 9.97 Å². The quantitative estimate of drug-likeness (QED) is 0.142. The average Bonchev–Trinajstić information content (AvgIpc) is 3.92. The zero-order valence-electron chi connectivity index (χ0n) is 23.5. The lowest BCUT2D eigenvalue weighted by Crippen LogP contribution is -2.04. The summed E-state index contributed by atoms with van der Waals surface area (Å²) in [6.07, 6.45) is 8.20. The number of benzene rings is 2. The van der Waals surface area contributed by atoms with E-state index in [1.807, 2.05) is 17.0 Å². The van der Waals surface area contributed by atoms with Crippen molar-refractivity contribution in [3.8, 4) is 0 Å². The number of anilines is 1. The van der Waals surface area contributed by atoms with Crippen molar-refractivity contribution in [2.75, 3.05) is 19.4 Å². The Morgan fingerprint density at radius 2 is 1.30 bits per heavy atom. The summed E-state index contributed by atoms with van der Waals surface area (Å²) >= 11 is 6.92. The molecule has 3 N–H and O–H groups in total. The molecule has 2 aliphatic carbocycles. The topological polar surface area (TPSA) is 160 Å². The molecule has 15 heteroatoms. The predicted octanol–water partition coefficient (Wildman–Crippen LogP) is 6.71. The van der Waals surface area contributed by atoms with Crippen LogP contribution in [0.3, 0.4) is 0 Å². The van der Waals surface area contributed by atoms with Gasteiger partial charge in [0.05, 0.1) is 33.9 Å². The summed E-state index contributed by atoms with van der Waals surface area (Å²) in [6, 6.07) is 9.15. The molecule has 2 saturated carbocycles. The van der Waals surface area contributed by atoms with Crippen molar-refractivity contribution in [2.45, 2.75) is 50.6 Å². The minimum Gasteiger partial charge on any atom is -0.383 e. The summed E-state index contributed by atoms with van der Waals surface area (Å²) in [5, 5.41) is 24.4. The molecule has 12 nitrogen and oxygen atoms in total. The first-order valence-corrected chi connectivity index (χ1v) is 15.1. The first kappa shape index (κ1) is 32.2. The van der Waals surface area contributed by atoms with E-state index >= 15 is 0 Å². The molecule has 0 atom stereocenters. The van der Waals surface area contributed by atoms with Crippen LogP contribution in [-0.2, 0) is 13.1 Å². The predicted molar refractivity (Wildman–Crippen MR) is 168 cm³/mol. The first-order valence-electron chi connectivity index (χ1n) is 13.5. The summed E-state index contributed by atoms with van der Waals surface area (Å²) < 4.78 is 19.4. The van der Waals surface area contributed by atoms with Crippen LogP contribution in [0.4, 0.5) is 21.5 Å². The van der Waals surface area contributed by atoms with Crippen LogP contribution in [0.1, 0.15) is 60.0 Å². The zero-order chi connectivity index (χ0) is 31.3. The number of nitro groups is 2. The Balaban J connectivity index is 0.000000186. The van der Waals surface area contributed by atoms with Crippen LogP contribution in [0.5, 0.6) is 0 Å². The SMILES string of the molecule is CN.CNc1cc(Cn2cnc(Br)c2C2CC2)ccc1[N+](=O)[O-].O=[N+]([O-])c1ccc(Cn2cnc(Br)c2C2CC2)cc1F. The summed E-state index contributed by atoms with van der Waals surface area (Å²) in [7, 11) is 3.19. The van der Waals surface area contributed by atoms with E-state index < -0.39 is 16.4 Å². The van der Waals surface area contributed by atoms with Crippen molar-refractivity contribution < 1.29 is 14.2 Å². The van der Waals surface area contributed by atoms with Gasteiger partial charge in [-0.1, -0.05) is 12.1 Å². The summed E-state index contributed by atoms with van der Waals surface area (Å²) in [5.74, 6) is 0.290.